The zero-order chi connectivity index (χ0) is 13.1. The highest BCUT2D eigenvalue weighted by molar-refractivity contribution is 6.35. The van der Waals surface area contributed by atoms with Gasteiger partial charge in [0.1, 0.15) is 0 Å². The first-order valence-corrected chi connectivity index (χ1v) is 7.22. The zero-order valence-electron chi connectivity index (χ0n) is 10.7. The van der Waals surface area contributed by atoms with Gasteiger partial charge in [-0.05, 0) is 49.0 Å². The lowest BCUT2D eigenvalue weighted by molar-refractivity contribution is 0.126. The van der Waals surface area contributed by atoms with Crippen LogP contribution in [0.5, 0.6) is 0 Å². The highest BCUT2D eigenvalue weighted by Crippen LogP contribution is 2.26. The number of nitrogens with two attached hydrogens (primary N) is 1. The minimum absolute atomic E-state index is 0.602. The Bertz CT molecular complexity index is 409. The maximum absolute atomic E-state index is 6.21. The molecular weight excluding hydrogens is 267 g/mol. The number of nitrogens with zero attached hydrogens (tertiary/aromatic N) is 1. The fourth-order valence-corrected chi connectivity index (χ4v) is 3.03. The molecule has 1 aliphatic heterocycles. The van der Waals surface area contributed by atoms with Crippen LogP contribution in [-0.2, 0) is 6.54 Å². The first-order chi connectivity index (χ1) is 8.60. The van der Waals surface area contributed by atoms with E-state index in [9.17, 15) is 0 Å². The van der Waals surface area contributed by atoms with E-state index < -0.39 is 0 Å². The van der Waals surface area contributed by atoms with Crippen LogP contribution in [0, 0.1) is 11.8 Å². The molecular formula is C14H20Cl2N2. The summed E-state index contributed by atoms with van der Waals surface area (Å²) in [6.07, 6.45) is 1.22. The second kappa shape index (κ2) is 6.25. The van der Waals surface area contributed by atoms with Gasteiger partial charge in [0.15, 0.2) is 0 Å². The Balaban J connectivity index is 2.01. The first-order valence-electron chi connectivity index (χ1n) is 6.46. The zero-order valence-corrected chi connectivity index (χ0v) is 12.2. The third-order valence-electron chi connectivity index (χ3n) is 3.91. The van der Waals surface area contributed by atoms with Gasteiger partial charge >= 0.3 is 0 Å². The number of halogens is 2. The van der Waals surface area contributed by atoms with Crippen molar-refractivity contribution in [3.63, 3.8) is 0 Å². The van der Waals surface area contributed by atoms with Crippen LogP contribution in [0.4, 0.5) is 0 Å². The van der Waals surface area contributed by atoms with E-state index in [1.165, 1.54) is 6.42 Å². The van der Waals surface area contributed by atoms with Gasteiger partial charge in [-0.2, -0.15) is 0 Å². The summed E-state index contributed by atoms with van der Waals surface area (Å²) in [6.45, 7) is 6.14. The molecule has 0 bridgehead atoms. The average molecular weight is 287 g/mol. The number of piperidine rings is 1. The van der Waals surface area contributed by atoms with Crippen molar-refractivity contribution in [3.8, 4) is 0 Å². The molecule has 0 radical (unpaired) electrons. The van der Waals surface area contributed by atoms with E-state index in [1.807, 2.05) is 18.2 Å². The van der Waals surface area contributed by atoms with Crippen LogP contribution < -0.4 is 5.73 Å². The van der Waals surface area contributed by atoms with Crippen LogP contribution in [0.25, 0.3) is 0 Å². The minimum Gasteiger partial charge on any atom is -0.330 e. The Morgan fingerprint density at radius 3 is 2.83 bits per heavy atom. The lowest BCUT2D eigenvalue weighted by Crippen LogP contribution is -2.42. The highest BCUT2D eigenvalue weighted by atomic mass is 35.5. The van der Waals surface area contributed by atoms with Crippen molar-refractivity contribution in [1.82, 2.24) is 4.90 Å². The maximum Gasteiger partial charge on any atom is 0.0465 e. The molecule has 2 unspecified atom stereocenters. The van der Waals surface area contributed by atoms with Crippen molar-refractivity contribution in [1.29, 1.82) is 0 Å². The fourth-order valence-electron chi connectivity index (χ4n) is 2.57. The molecule has 2 N–H and O–H groups in total. The molecule has 1 heterocycles. The smallest absolute Gasteiger partial charge is 0.0465 e. The maximum atomic E-state index is 6.21. The Morgan fingerprint density at radius 1 is 1.39 bits per heavy atom. The molecule has 1 saturated heterocycles. The van der Waals surface area contributed by atoms with Crippen LogP contribution in [0.15, 0.2) is 18.2 Å². The normalized spacial score (nSPS) is 25.3. The fraction of sp³-hybridized carbons (Fsp3) is 0.571. The van der Waals surface area contributed by atoms with Crippen molar-refractivity contribution < 1.29 is 0 Å². The van der Waals surface area contributed by atoms with Crippen molar-refractivity contribution in [2.24, 2.45) is 17.6 Å². The molecule has 0 amide bonds. The first kappa shape index (κ1) is 14.1. The summed E-state index contributed by atoms with van der Waals surface area (Å²) in [5, 5.41) is 1.45. The number of hydrogen-bond acceptors (Lipinski definition) is 2. The van der Waals surface area contributed by atoms with Gasteiger partial charge in [-0.3, -0.25) is 4.90 Å². The summed E-state index contributed by atoms with van der Waals surface area (Å²) >= 11 is 12.1. The van der Waals surface area contributed by atoms with Crippen molar-refractivity contribution in [3.05, 3.63) is 33.8 Å². The van der Waals surface area contributed by atoms with Gasteiger partial charge in [0, 0.05) is 23.1 Å². The largest absolute Gasteiger partial charge is 0.330 e. The summed E-state index contributed by atoms with van der Waals surface area (Å²) in [4.78, 5) is 2.44. The molecule has 2 nitrogen and oxygen atoms in total. The molecule has 2 rings (SSSR count). The summed E-state index contributed by atoms with van der Waals surface area (Å²) in [5.74, 6) is 1.33. The monoisotopic (exact) mass is 286 g/mol. The molecule has 1 aromatic carbocycles. The topological polar surface area (TPSA) is 29.3 Å². The predicted octanol–water partition coefficient (Wildman–Crippen LogP) is 3.41. The molecule has 1 aromatic rings. The SMILES string of the molecule is CC1CCN(Cc2ccc(Cl)cc2Cl)CC1CN. The number of benzene rings is 1. The second-order valence-corrected chi connectivity index (χ2v) is 6.08. The molecule has 0 aromatic heterocycles. The molecule has 18 heavy (non-hydrogen) atoms. The van der Waals surface area contributed by atoms with E-state index in [2.05, 4.69) is 11.8 Å². The summed E-state index contributed by atoms with van der Waals surface area (Å²) in [7, 11) is 0. The van der Waals surface area contributed by atoms with E-state index in [4.69, 9.17) is 28.9 Å². The van der Waals surface area contributed by atoms with Crippen LogP contribution in [0.1, 0.15) is 18.9 Å². The minimum atomic E-state index is 0.602. The molecule has 0 spiro atoms. The number of likely N-dealkylation sites (tertiary alicyclic amines) is 1. The summed E-state index contributed by atoms with van der Waals surface area (Å²) in [6, 6.07) is 5.72. The molecule has 4 heteroatoms. The van der Waals surface area contributed by atoms with Crippen molar-refractivity contribution >= 4 is 23.2 Å². The molecule has 2 atom stereocenters. The Morgan fingerprint density at radius 2 is 2.17 bits per heavy atom. The van der Waals surface area contributed by atoms with Gasteiger partial charge in [0.25, 0.3) is 0 Å². The van der Waals surface area contributed by atoms with Gasteiger partial charge in [-0.1, -0.05) is 36.2 Å². The number of rotatable bonds is 3. The third kappa shape index (κ3) is 3.39. The van der Waals surface area contributed by atoms with Crippen LogP contribution in [0.2, 0.25) is 10.0 Å². The van der Waals surface area contributed by atoms with E-state index in [-0.39, 0.29) is 0 Å². The van der Waals surface area contributed by atoms with Crippen LogP contribution in [0.3, 0.4) is 0 Å². The quantitative estimate of drug-likeness (QED) is 0.923. The Kier molecular flexibility index (Phi) is 4.91. The summed E-state index contributed by atoms with van der Waals surface area (Å²) in [5.41, 5.74) is 6.97. The van der Waals surface area contributed by atoms with Gasteiger partial charge in [0.05, 0.1) is 0 Å². The third-order valence-corrected chi connectivity index (χ3v) is 4.50. The lowest BCUT2D eigenvalue weighted by Gasteiger charge is -2.36. The average Bonchev–Trinajstić information content (AvgIpc) is 2.35. The number of hydrogen-bond donors (Lipinski definition) is 1. The standard InChI is InChI=1S/C14H20Cl2N2/c1-10-4-5-18(9-12(10)7-17)8-11-2-3-13(15)6-14(11)16/h2-3,6,10,12H,4-5,7-9,17H2,1H3. The molecule has 0 saturated carbocycles. The highest BCUT2D eigenvalue weighted by Gasteiger charge is 2.25. The van der Waals surface area contributed by atoms with Crippen molar-refractivity contribution in [2.45, 2.75) is 19.9 Å². The Labute approximate surface area is 119 Å². The van der Waals surface area contributed by atoms with E-state index >= 15 is 0 Å². The molecule has 1 aliphatic rings. The molecule has 0 aliphatic carbocycles. The summed E-state index contributed by atoms with van der Waals surface area (Å²) < 4.78 is 0. The lowest BCUT2D eigenvalue weighted by atomic mass is 9.87. The molecule has 1 fully saturated rings. The molecule has 100 valence electrons. The van der Waals surface area contributed by atoms with E-state index in [0.717, 1.165) is 42.7 Å². The van der Waals surface area contributed by atoms with Gasteiger partial charge in [-0.15, -0.1) is 0 Å². The van der Waals surface area contributed by atoms with Crippen LogP contribution >= 0.6 is 23.2 Å². The Hall–Kier alpha value is -0.280. The predicted molar refractivity (Wildman–Crippen MR) is 78.1 cm³/mol. The van der Waals surface area contributed by atoms with E-state index in [0.29, 0.717) is 10.9 Å². The van der Waals surface area contributed by atoms with E-state index in [1.54, 1.807) is 0 Å². The van der Waals surface area contributed by atoms with Gasteiger partial charge in [0.2, 0.25) is 0 Å². The second-order valence-electron chi connectivity index (χ2n) is 5.23. The van der Waals surface area contributed by atoms with Crippen LogP contribution in [-0.4, -0.2) is 24.5 Å². The van der Waals surface area contributed by atoms with Gasteiger partial charge in [-0.25, -0.2) is 0 Å². The van der Waals surface area contributed by atoms with Crippen molar-refractivity contribution in [2.75, 3.05) is 19.6 Å². The van der Waals surface area contributed by atoms with Gasteiger partial charge < -0.3 is 5.73 Å².